The van der Waals surface area contributed by atoms with E-state index in [1.165, 1.54) is 31.4 Å². The highest BCUT2D eigenvalue weighted by Gasteiger charge is 2.26. The quantitative estimate of drug-likeness (QED) is 0.792. The first kappa shape index (κ1) is 20.7. The molecule has 2 saturated heterocycles. The number of carbonyl (C=O) groups excluding carboxylic acids is 1. The lowest BCUT2D eigenvalue weighted by molar-refractivity contribution is -0.125. The molecule has 1 N–H and O–H groups in total. The van der Waals surface area contributed by atoms with Crippen LogP contribution in [0, 0.1) is 11.7 Å². The SMILES string of the molecule is O=C(NCCN1CCCCC1)C1CCCN(c2ccc(-c3ccc(F)cc3)nn2)C1. The highest BCUT2D eigenvalue weighted by Crippen LogP contribution is 2.23. The molecule has 1 amide bonds. The zero-order valence-electron chi connectivity index (χ0n) is 17.4. The average molecular weight is 412 g/mol. The van der Waals surface area contributed by atoms with Gasteiger partial charge in [-0.25, -0.2) is 4.39 Å². The number of amides is 1. The van der Waals surface area contributed by atoms with E-state index in [4.69, 9.17) is 0 Å². The number of hydrogen-bond donors (Lipinski definition) is 1. The minimum absolute atomic E-state index is 0.0151. The van der Waals surface area contributed by atoms with Gasteiger partial charge in [-0.05, 0) is 75.2 Å². The maximum Gasteiger partial charge on any atom is 0.224 e. The van der Waals surface area contributed by atoms with Crippen LogP contribution in [0.25, 0.3) is 11.3 Å². The lowest BCUT2D eigenvalue weighted by Gasteiger charge is -2.33. The summed E-state index contributed by atoms with van der Waals surface area (Å²) in [7, 11) is 0. The number of carbonyl (C=O) groups is 1. The van der Waals surface area contributed by atoms with E-state index in [0.29, 0.717) is 12.2 Å². The molecule has 0 aliphatic carbocycles. The van der Waals surface area contributed by atoms with E-state index in [1.54, 1.807) is 12.1 Å². The van der Waals surface area contributed by atoms with Crippen molar-refractivity contribution in [2.45, 2.75) is 32.1 Å². The van der Waals surface area contributed by atoms with Gasteiger partial charge in [0.25, 0.3) is 0 Å². The Balaban J connectivity index is 1.29. The van der Waals surface area contributed by atoms with Gasteiger partial charge >= 0.3 is 0 Å². The third-order valence-corrected chi connectivity index (χ3v) is 6.08. The van der Waals surface area contributed by atoms with Crippen molar-refractivity contribution >= 4 is 11.7 Å². The number of anilines is 1. The van der Waals surface area contributed by atoms with Crippen molar-refractivity contribution in [2.24, 2.45) is 5.92 Å². The number of benzene rings is 1. The summed E-state index contributed by atoms with van der Waals surface area (Å²) in [6.45, 7) is 5.52. The molecule has 1 atom stereocenters. The molecule has 2 aliphatic heterocycles. The van der Waals surface area contributed by atoms with E-state index in [9.17, 15) is 9.18 Å². The van der Waals surface area contributed by atoms with Crippen molar-refractivity contribution in [3.05, 3.63) is 42.2 Å². The van der Waals surface area contributed by atoms with Crippen LogP contribution in [0.2, 0.25) is 0 Å². The van der Waals surface area contributed by atoms with Gasteiger partial charge in [0.2, 0.25) is 5.91 Å². The van der Waals surface area contributed by atoms with E-state index in [0.717, 1.165) is 56.9 Å². The highest BCUT2D eigenvalue weighted by molar-refractivity contribution is 5.79. The molecular weight excluding hydrogens is 381 g/mol. The van der Waals surface area contributed by atoms with Crippen LogP contribution in [0.5, 0.6) is 0 Å². The lowest BCUT2D eigenvalue weighted by Crippen LogP contribution is -2.45. The van der Waals surface area contributed by atoms with Gasteiger partial charge in [0, 0.05) is 31.7 Å². The molecule has 2 aliphatic rings. The fourth-order valence-electron chi connectivity index (χ4n) is 4.33. The molecule has 30 heavy (non-hydrogen) atoms. The van der Waals surface area contributed by atoms with Gasteiger partial charge in [-0.1, -0.05) is 6.42 Å². The third kappa shape index (κ3) is 5.33. The zero-order chi connectivity index (χ0) is 20.8. The lowest BCUT2D eigenvalue weighted by atomic mass is 9.97. The van der Waals surface area contributed by atoms with E-state index >= 15 is 0 Å². The Hall–Kier alpha value is -2.54. The molecule has 6 nitrogen and oxygen atoms in total. The minimum atomic E-state index is -0.267. The summed E-state index contributed by atoms with van der Waals surface area (Å²) in [5, 5.41) is 11.8. The molecule has 0 spiro atoms. The monoisotopic (exact) mass is 411 g/mol. The normalized spacial score (nSPS) is 20.2. The number of hydrogen-bond acceptors (Lipinski definition) is 5. The predicted molar refractivity (Wildman–Crippen MR) is 116 cm³/mol. The second-order valence-electron chi connectivity index (χ2n) is 8.26. The first-order chi connectivity index (χ1) is 14.7. The highest BCUT2D eigenvalue weighted by atomic mass is 19.1. The molecule has 7 heteroatoms. The number of aromatic nitrogens is 2. The average Bonchev–Trinajstić information content (AvgIpc) is 2.80. The van der Waals surface area contributed by atoms with Crippen molar-refractivity contribution < 1.29 is 9.18 Å². The fraction of sp³-hybridized carbons (Fsp3) is 0.522. The summed E-state index contributed by atoms with van der Waals surface area (Å²) >= 11 is 0. The van der Waals surface area contributed by atoms with Gasteiger partial charge in [-0.2, -0.15) is 0 Å². The maximum atomic E-state index is 13.1. The predicted octanol–water partition coefficient (Wildman–Crippen LogP) is 3.10. The van der Waals surface area contributed by atoms with Gasteiger partial charge in [-0.3, -0.25) is 4.79 Å². The van der Waals surface area contributed by atoms with Crippen molar-refractivity contribution in [1.29, 1.82) is 0 Å². The molecule has 4 rings (SSSR count). The number of likely N-dealkylation sites (tertiary alicyclic amines) is 1. The second kappa shape index (κ2) is 9.98. The Labute approximate surface area is 177 Å². The van der Waals surface area contributed by atoms with E-state index in [1.807, 2.05) is 12.1 Å². The van der Waals surface area contributed by atoms with E-state index in [-0.39, 0.29) is 17.6 Å². The number of halogens is 1. The van der Waals surface area contributed by atoms with Crippen molar-refractivity contribution in [3.63, 3.8) is 0 Å². The molecule has 0 radical (unpaired) electrons. The van der Waals surface area contributed by atoms with Crippen LogP contribution >= 0.6 is 0 Å². The van der Waals surface area contributed by atoms with Crippen LogP contribution < -0.4 is 10.2 Å². The molecule has 1 aromatic carbocycles. The Morgan fingerprint density at radius 3 is 2.53 bits per heavy atom. The van der Waals surface area contributed by atoms with Crippen LogP contribution in [-0.4, -0.2) is 60.3 Å². The topological polar surface area (TPSA) is 61.4 Å². The summed E-state index contributed by atoms with van der Waals surface area (Å²) in [6, 6.07) is 10.1. The summed E-state index contributed by atoms with van der Waals surface area (Å²) < 4.78 is 13.1. The second-order valence-corrected chi connectivity index (χ2v) is 8.26. The molecule has 2 aromatic rings. The Kier molecular flexibility index (Phi) is 6.89. The van der Waals surface area contributed by atoms with Gasteiger partial charge in [-0.15, -0.1) is 10.2 Å². The Morgan fingerprint density at radius 2 is 1.80 bits per heavy atom. The fourth-order valence-corrected chi connectivity index (χ4v) is 4.33. The van der Waals surface area contributed by atoms with E-state index in [2.05, 4.69) is 25.3 Å². The number of piperidine rings is 2. The molecule has 160 valence electrons. The van der Waals surface area contributed by atoms with Crippen LogP contribution in [0.4, 0.5) is 10.2 Å². The molecule has 0 saturated carbocycles. The smallest absolute Gasteiger partial charge is 0.224 e. The van der Waals surface area contributed by atoms with Crippen molar-refractivity contribution in [3.8, 4) is 11.3 Å². The Morgan fingerprint density at radius 1 is 1.00 bits per heavy atom. The molecular formula is C23H30FN5O. The van der Waals surface area contributed by atoms with Gasteiger partial charge in [0.05, 0.1) is 11.6 Å². The van der Waals surface area contributed by atoms with Crippen molar-refractivity contribution in [1.82, 2.24) is 20.4 Å². The van der Waals surface area contributed by atoms with Crippen molar-refractivity contribution in [2.75, 3.05) is 44.2 Å². The number of nitrogens with one attached hydrogen (secondary N) is 1. The van der Waals surface area contributed by atoms with Gasteiger partial charge < -0.3 is 15.1 Å². The van der Waals surface area contributed by atoms with E-state index < -0.39 is 0 Å². The molecule has 2 fully saturated rings. The molecule has 1 unspecified atom stereocenters. The maximum absolute atomic E-state index is 13.1. The first-order valence-corrected chi connectivity index (χ1v) is 11.0. The minimum Gasteiger partial charge on any atom is -0.355 e. The first-order valence-electron chi connectivity index (χ1n) is 11.0. The van der Waals surface area contributed by atoms with Crippen LogP contribution in [0.1, 0.15) is 32.1 Å². The molecule has 0 bridgehead atoms. The summed E-state index contributed by atoms with van der Waals surface area (Å²) in [5.74, 6) is 0.648. The Bertz CT molecular complexity index is 820. The molecule has 1 aromatic heterocycles. The third-order valence-electron chi connectivity index (χ3n) is 6.08. The largest absolute Gasteiger partial charge is 0.355 e. The van der Waals surface area contributed by atoms with Crippen LogP contribution in [-0.2, 0) is 4.79 Å². The molecule has 3 heterocycles. The zero-order valence-corrected chi connectivity index (χ0v) is 17.4. The summed E-state index contributed by atoms with van der Waals surface area (Å²) in [5.41, 5.74) is 1.54. The standard InChI is InChI=1S/C23H30FN5O/c24-20-8-6-18(7-9-20)21-10-11-22(27-26-21)29-15-4-5-19(17-29)23(30)25-12-16-28-13-2-1-3-14-28/h6-11,19H,1-5,12-17H2,(H,25,30). The van der Waals surface area contributed by atoms with Gasteiger partial charge in [0.15, 0.2) is 5.82 Å². The number of nitrogens with zero attached hydrogens (tertiary/aromatic N) is 4. The van der Waals surface area contributed by atoms with Crippen LogP contribution in [0.3, 0.4) is 0 Å². The van der Waals surface area contributed by atoms with Crippen LogP contribution in [0.15, 0.2) is 36.4 Å². The summed E-state index contributed by atoms with van der Waals surface area (Å²) in [6.07, 6.45) is 5.74. The van der Waals surface area contributed by atoms with Gasteiger partial charge in [0.1, 0.15) is 5.82 Å². The summed E-state index contributed by atoms with van der Waals surface area (Å²) in [4.78, 5) is 17.2. The number of rotatable bonds is 6.